The van der Waals surface area contributed by atoms with Crippen molar-refractivity contribution in [3.05, 3.63) is 70.9 Å². The van der Waals surface area contributed by atoms with Crippen molar-refractivity contribution in [3.63, 3.8) is 0 Å². The van der Waals surface area contributed by atoms with Crippen molar-refractivity contribution in [1.82, 2.24) is 24.6 Å². The molecule has 3 aromatic heterocycles. The van der Waals surface area contributed by atoms with Crippen LogP contribution in [0.5, 0.6) is 0 Å². The number of benzene rings is 1. The van der Waals surface area contributed by atoms with Crippen molar-refractivity contribution < 1.29 is 13.2 Å². The van der Waals surface area contributed by atoms with Crippen molar-refractivity contribution in [2.75, 3.05) is 10.0 Å². The summed E-state index contributed by atoms with van der Waals surface area (Å²) in [7, 11) is -3.88. The standard InChI is InChI=1S/C21H21N7O3S/c1-12-9-13(2)25-21(24-12)27-32(30,31)17-7-5-16(6-8-17)26-20(29)18-11-22-28-15(4)10-14(3)23-19(18)28/h5-11H,1-4H3,(H,26,29)(H,24,25,27). The maximum absolute atomic E-state index is 12.7. The second-order valence-electron chi connectivity index (χ2n) is 7.39. The lowest BCUT2D eigenvalue weighted by Gasteiger charge is -2.09. The molecule has 3 heterocycles. The highest BCUT2D eigenvalue weighted by atomic mass is 32.2. The summed E-state index contributed by atoms with van der Waals surface area (Å²) in [5.41, 5.74) is 4.15. The van der Waals surface area contributed by atoms with Gasteiger partial charge in [0.1, 0.15) is 5.56 Å². The van der Waals surface area contributed by atoms with Crippen molar-refractivity contribution in [1.29, 1.82) is 0 Å². The quantitative estimate of drug-likeness (QED) is 0.477. The Balaban J connectivity index is 1.53. The molecule has 11 heteroatoms. The molecule has 1 amide bonds. The van der Waals surface area contributed by atoms with Gasteiger partial charge in [0, 0.05) is 28.5 Å². The number of hydrogen-bond acceptors (Lipinski definition) is 7. The zero-order valence-corrected chi connectivity index (χ0v) is 18.7. The number of nitrogens with one attached hydrogen (secondary N) is 2. The highest BCUT2D eigenvalue weighted by Gasteiger charge is 2.18. The molecular formula is C21H21N7O3S. The van der Waals surface area contributed by atoms with Crippen LogP contribution in [-0.4, -0.2) is 38.9 Å². The van der Waals surface area contributed by atoms with E-state index < -0.39 is 15.9 Å². The van der Waals surface area contributed by atoms with Crippen LogP contribution < -0.4 is 10.0 Å². The van der Waals surface area contributed by atoms with Gasteiger partial charge in [-0.2, -0.15) is 5.10 Å². The molecule has 0 saturated carbocycles. The molecule has 0 fully saturated rings. The molecule has 32 heavy (non-hydrogen) atoms. The van der Waals surface area contributed by atoms with Gasteiger partial charge in [0.15, 0.2) is 5.65 Å². The van der Waals surface area contributed by atoms with Crippen LogP contribution >= 0.6 is 0 Å². The minimum atomic E-state index is -3.88. The molecule has 0 atom stereocenters. The maximum atomic E-state index is 12.7. The first-order valence-corrected chi connectivity index (χ1v) is 11.2. The van der Waals surface area contributed by atoms with Gasteiger partial charge in [-0.25, -0.2) is 32.6 Å². The van der Waals surface area contributed by atoms with E-state index in [4.69, 9.17) is 0 Å². The second-order valence-corrected chi connectivity index (χ2v) is 9.07. The third kappa shape index (κ3) is 4.28. The van der Waals surface area contributed by atoms with E-state index in [0.717, 1.165) is 11.4 Å². The Bertz CT molecular complexity index is 1420. The number of amides is 1. The molecule has 0 aliphatic heterocycles. The molecule has 164 valence electrons. The van der Waals surface area contributed by atoms with Crippen LogP contribution in [0.3, 0.4) is 0 Å². The molecule has 0 bridgehead atoms. The molecular weight excluding hydrogens is 430 g/mol. The molecule has 10 nitrogen and oxygen atoms in total. The number of nitrogens with zero attached hydrogens (tertiary/aromatic N) is 5. The summed E-state index contributed by atoms with van der Waals surface area (Å²) < 4.78 is 29.3. The Hall–Kier alpha value is -3.86. The summed E-state index contributed by atoms with van der Waals surface area (Å²) in [4.78, 5) is 25.4. The fourth-order valence-electron chi connectivity index (χ4n) is 3.30. The normalized spacial score (nSPS) is 11.5. The number of aromatic nitrogens is 5. The van der Waals surface area contributed by atoms with Crippen LogP contribution in [0.4, 0.5) is 11.6 Å². The van der Waals surface area contributed by atoms with Crippen molar-refractivity contribution in [2.45, 2.75) is 32.6 Å². The predicted octanol–water partition coefficient (Wildman–Crippen LogP) is 2.81. The monoisotopic (exact) mass is 451 g/mol. The lowest BCUT2D eigenvalue weighted by molar-refractivity contribution is 0.102. The molecule has 4 aromatic rings. The van der Waals surface area contributed by atoms with Gasteiger partial charge in [-0.15, -0.1) is 0 Å². The fraction of sp³-hybridized carbons (Fsp3) is 0.190. The zero-order chi connectivity index (χ0) is 23.0. The maximum Gasteiger partial charge on any atom is 0.264 e. The summed E-state index contributed by atoms with van der Waals surface area (Å²) in [5.74, 6) is -0.388. The molecule has 0 aliphatic carbocycles. The molecule has 0 saturated heterocycles. The lowest BCUT2D eigenvalue weighted by atomic mass is 10.2. The summed E-state index contributed by atoms with van der Waals surface area (Å²) >= 11 is 0. The van der Waals surface area contributed by atoms with E-state index in [-0.39, 0.29) is 10.8 Å². The van der Waals surface area contributed by atoms with Gasteiger partial charge in [-0.1, -0.05) is 0 Å². The van der Waals surface area contributed by atoms with Crippen molar-refractivity contribution in [2.24, 2.45) is 0 Å². The van der Waals surface area contributed by atoms with Gasteiger partial charge in [0.2, 0.25) is 5.95 Å². The Morgan fingerprint density at radius 1 is 0.906 bits per heavy atom. The third-order valence-electron chi connectivity index (χ3n) is 4.65. The number of aryl methyl sites for hydroxylation is 4. The number of anilines is 2. The third-order valence-corrected chi connectivity index (χ3v) is 6.00. The first-order valence-electron chi connectivity index (χ1n) is 9.71. The molecule has 2 N–H and O–H groups in total. The smallest absolute Gasteiger partial charge is 0.264 e. The second kappa shape index (κ2) is 8.00. The summed E-state index contributed by atoms with van der Waals surface area (Å²) in [5, 5.41) is 6.96. The summed E-state index contributed by atoms with van der Waals surface area (Å²) in [6, 6.07) is 9.41. The van der Waals surface area contributed by atoms with Gasteiger partial charge in [0.05, 0.1) is 11.1 Å². The van der Waals surface area contributed by atoms with Crippen molar-refractivity contribution >= 4 is 33.2 Å². The van der Waals surface area contributed by atoms with Crippen LogP contribution in [0.15, 0.2) is 47.5 Å². The summed E-state index contributed by atoms with van der Waals surface area (Å²) in [6.45, 7) is 7.24. The predicted molar refractivity (Wildman–Crippen MR) is 119 cm³/mol. The van der Waals surface area contributed by atoms with Crippen molar-refractivity contribution in [3.8, 4) is 0 Å². The highest BCUT2D eigenvalue weighted by Crippen LogP contribution is 2.19. The molecule has 0 unspecified atom stereocenters. The van der Waals surface area contributed by atoms with Gasteiger partial charge in [0.25, 0.3) is 15.9 Å². The minimum absolute atomic E-state index is 0.00560. The first-order chi connectivity index (χ1) is 15.1. The lowest BCUT2D eigenvalue weighted by Crippen LogP contribution is -2.16. The first kappa shape index (κ1) is 21.4. The van der Waals surface area contributed by atoms with Crippen LogP contribution in [0.1, 0.15) is 33.1 Å². The van der Waals surface area contributed by atoms with Crippen LogP contribution in [0, 0.1) is 27.7 Å². The number of hydrogen-bond donors (Lipinski definition) is 2. The van der Waals surface area contributed by atoms with E-state index in [1.165, 1.54) is 30.5 Å². The van der Waals surface area contributed by atoms with Gasteiger partial charge in [-0.3, -0.25) is 4.79 Å². The minimum Gasteiger partial charge on any atom is -0.322 e. The van der Waals surface area contributed by atoms with Gasteiger partial charge in [-0.05, 0) is 64.1 Å². The van der Waals surface area contributed by atoms with E-state index in [1.54, 1.807) is 24.4 Å². The number of fused-ring (bicyclic) bond motifs is 1. The average molecular weight is 452 g/mol. The van der Waals surface area contributed by atoms with E-state index in [0.29, 0.717) is 28.3 Å². The number of rotatable bonds is 5. The van der Waals surface area contributed by atoms with E-state index in [1.807, 2.05) is 19.9 Å². The van der Waals surface area contributed by atoms with E-state index in [9.17, 15) is 13.2 Å². The zero-order valence-electron chi connectivity index (χ0n) is 17.9. The average Bonchev–Trinajstić information content (AvgIpc) is 3.11. The van der Waals surface area contributed by atoms with Crippen LogP contribution in [0.25, 0.3) is 5.65 Å². The SMILES string of the molecule is Cc1cc(C)nc(NS(=O)(=O)c2ccc(NC(=O)c3cnn4c(C)cc(C)nc34)cc2)n1. The number of carbonyl (C=O) groups is 1. The van der Waals surface area contributed by atoms with E-state index >= 15 is 0 Å². The van der Waals surface area contributed by atoms with Crippen LogP contribution in [-0.2, 0) is 10.0 Å². The Morgan fingerprint density at radius 3 is 2.19 bits per heavy atom. The van der Waals surface area contributed by atoms with Gasteiger partial charge < -0.3 is 5.32 Å². The summed E-state index contributed by atoms with van der Waals surface area (Å²) in [6.07, 6.45) is 1.46. The fourth-order valence-corrected chi connectivity index (χ4v) is 4.24. The van der Waals surface area contributed by atoms with Crippen LogP contribution in [0.2, 0.25) is 0 Å². The topological polar surface area (TPSA) is 131 Å². The van der Waals surface area contributed by atoms with Gasteiger partial charge >= 0.3 is 0 Å². The Morgan fingerprint density at radius 2 is 1.53 bits per heavy atom. The molecule has 4 rings (SSSR count). The van der Waals surface area contributed by atoms with E-state index in [2.05, 4.69) is 30.1 Å². The molecule has 1 aromatic carbocycles. The Kier molecular flexibility index (Phi) is 5.35. The Labute approximate surface area is 184 Å². The largest absolute Gasteiger partial charge is 0.322 e. The number of carbonyl (C=O) groups excluding carboxylic acids is 1. The molecule has 0 aliphatic rings. The molecule has 0 spiro atoms. The number of sulfonamides is 1. The molecule has 0 radical (unpaired) electrons. The highest BCUT2D eigenvalue weighted by molar-refractivity contribution is 7.92.